The van der Waals surface area contributed by atoms with E-state index in [9.17, 15) is 19.5 Å². The SMILES string of the molecule is O=C(Nc1ccccc1C(=O)O)c1ccc(Oc2ccc3cc(OC4CCC(NC(=O)c5cccnc5)CC4)ccc3c2)nc1. The number of carbonyl (C=O) groups excluding carboxylic acids is 2. The van der Waals surface area contributed by atoms with Gasteiger partial charge in [0, 0.05) is 30.7 Å². The van der Waals surface area contributed by atoms with Gasteiger partial charge in [-0.2, -0.15) is 0 Å². The lowest BCUT2D eigenvalue weighted by atomic mass is 9.92. The van der Waals surface area contributed by atoms with Crippen LogP contribution >= 0.6 is 0 Å². The summed E-state index contributed by atoms with van der Waals surface area (Å²) in [5, 5.41) is 17.0. The van der Waals surface area contributed by atoms with E-state index < -0.39 is 11.9 Å². The van der Waals surface area contributed by atoms with Gasteiger partial charge in [0.2, 0.25) is 5.88 Å². The lowest BCUT2D eigenvalue weighted by Gasteiger charge is -2.29. The van der Waals surface area contributed by atoms with Crippen molar-refractivity contribution in [2.75, 3.05) is 5.32 Å². The minimum Gasteiger partial charge on any atom is -0.490 e. The zero-order chi connectivity index (χ0) is 31.2. The van der Waals surface area contributed by atoms with Crippen molar-refractivity contribution in [3.63, 3.8) is 0 Å². The zero-order valence-corrected chi connectivity index (χ0v) is 24.2. The highest BCUT2D eigenvalue weighted by Gasteiger charge is 2.24. The van der Waals surface area contributed by atoms with Crippen molar-refractivity contribution in [2.45, 2.75) is 37.8 Å². The van der Waals surface area contributed by atoms with Gasteiger partial charge in [-0.15, -0.1) is 0 Å². The number of carboxylic acids is 1. The molecule has 0 radical (unpaired) electrons. The van der Waals surface area contributed by atoms with Crippen molar-refractivity contribution in [3.8, 4) is 17.4 Å². The van der Waals surface area contributed by atoms with Crippen molar-refractivity contribution in [3.05, 3.63) is 120 Å². The summed E-state index contributed by atoms with van der Waals surface area (Å²) in [6.07, 6.45) is 8.09. The summed E-state index contributed by atoms with van der Waals surface area (Å²) in [5.41, 5.74) is 1.03. The van der Waals surface area contributed by atoms with Crippen molar-refractivity contribution >= 4 is 34.2 Å². The predicted molar refractivity (Wildman–Crippen MR) is 168 cm³/mol. The number of rotatable bonds is 9. The molecule has 5 aromatic rings. The molecule has 2 aromatic heterocycles. The van der Waals surface area contributed by atoms with Gasteiger partial charge in [0.05, 0.1) is 28.5 Å². The van der Waals surface area contributed by atoms with E-state index in [1.807, 2.05) is 36.4 Å². The average molecular weight is 603 g/mol. The second kappa shape index (κ2) is 13.3. The third-order valence-corrected chi connectivity index (χ3v) is 7.65. The molecule has 0 spiro atoms. The second-order valence-corrected chi connectivity index (χ2v) is 10.8. The Hall–Kier alpha value is -5.77. The Morgan fingerprint density at radius 3 is 2.20 bits per heavy atom. The number of ether oxygens (including phenoxy) is 2. The minimum absolute atomic E-state index is 0.000551. The monoisotopic (exact) mass is 602 g/mol. The van der Waals surface area contributed by atoms with Gasteiger partial charge in [-0.1, -0.05) is 24.3 Å². The number of amides is 2. The topological polar surface area (TPSA) is 140 Å². The molecule has 1 saturated carbocycles. The summed E-state index contributed by atoms with van der Waals surface area (Å²) >= 11 is 0. The lowest BCUT2D eigenvalue weighted by Crippen LogP contribution is -2.39. The minimum atomic E-state index is -1.13. The fourth-order valence-corrected chi connectivity index (χ4v) is 5.29. The van der Waals surface area contributed by atoms with Crippen LogP contribution in [0.2, 0.25) is 0 Å². The van der Waals surface area contributed by atoms with E-state index in [1.54, 1.807) is 48.8 Å². The van der Waals surface area contributed by atoms with Crippen LogP contribution in [0.1, 0.15) is 56.8 Å². The number of anilines is 1. The maximum absolute atomic E-state index is 12.6. The molecular formula is C35H30N4O6. The number of para-hydroxylation sites is 1. The smallest absolute Gasteiger partial charge is 0.337 e. The standard InChI is InChI=1S/C35H30N4O6/c40-33(24-4-3-17-36-20-24)38-26-10-14-27(15-11-26)44-28-12-7-23-19-29(13-8-22(23)18-28)45-32-16-9-25(21-37-32)34(41)39-31-6-2-1-5-30(31)35(42)43/h1-9,12-13,16-21,26-27H,10-11,14-15H2,(H,38,40)(H,39,41)(H,42,43). The summed E-state index contributed by atoms with van der Waals surface area (Å²) in [5.74, 6) is -0.0167. The van der Waals surface area contributed by atoms with E-state index in [2.05, 4.69) is 20.6 Å². The number of hydrogen-bond donors (Lipinski definition) is 3. The summed E-state index contributed by atoms with van der Waals surface area (Å²) in [6, 6.07) is 24.6. The quantitative estimate of drug-likeness (QED) is 0.174. The summed E-state index contributed by atoms with van der Waals surface area (Å²) in [7, 11) is 0. The molecule has 1 aliphatic carbocycles. The highest BCUT2D eigenvalue weighted by Crippen LogP contribution is 2.30. The third-order valence-electron chi connectivity index (χ3n) is 7.65. The number of carboxylic acid groups (broad SMARTS) is 1. The molecule has 0 saturated heterocycles. The van der Waals surface area contributed by atoms with Crippen LogP contribution in [0.3, 0.4) is 0 Å². The molecule has 2 amide bonds. The first-order valence-electron chi connectivity index (χ1n) is 14.6. The molecule has 1 fully saturated rings. The number of aromatic carboxylic acids is 1. The Morgan fingerprint density at radius 2 is 1.49 bits per heavy atom. The summed E-state index contributed by atoms with van der Waals surface area (Å²) in [6.45, 7) is 0. The Bertz CT molecular complexity index is 1840. The van der Waals surface area contributed by atoms with Gasteiger partial charge in [-0.05, 0) is 91.1 Å². The molecule has 0 unspecified atom stereocenters. The third kappa shape index (κ3) is 7.24. The maximum atomic E-state index is 12.6. The van der Waals surface area contributed by atoms with Crippen molar-refractivity contribution in [1.82, 2.24) is 15.3 Å². The molecule has 45 heavy (non-hydrogen) atoms. The van der Waals surface area contributed by atoms with Crippen LogP contribution in [0, 0.1) is 0 Å². The number of nitrogens with one attached hydrogen (secondary N) is 2. The number of carbonyl (C=O) groups is 3. The van der Waals surface area contributed by atoms with Gasteiger partial charge >= 0.3 is 5.97 Å². The summed E-state index contributed by atoms with van der Waals surface area (Å²) < 4.78 is 12.2. The first kappa shape index (κ1) is 29.3. The number of hydrogen-bond acceptors (Lipinski definition) is 7. The van der Waals surface area contributed by atoms with Crippen LogP contribution in [-0.2, 0) is 0 Å². The molecule has 0 bridgehead atoms. The normalized spacial score (nSPS) is 16.0. The molecule has 3 N–H and O–H groups in total. The lowest BCUT2D eigenvalue weighted by molar-refractivity contribution is 0.0697. The Kier molecular flexibility index (Phi) is 8.63. The predicted octanol–water partition coefficient (Wildman–Crippen LogP) is 6.49. The van der Waals surface area contributed by atoms with Crippen LogP contribution < -0.4 is 20.1 Å². The number of nitrogens with zero attached hydrogens (tertiary/aromatic N) is 2. The molecule has 0 atom stereocenters. The van der Waals surface area contributed by atoms with Gasteiger partial charge in [0.15, 0.2) is 0 Å². The number of fused-ring (bicyclic) bond motifs is 1. The maximum Gasteiger partial charge on any atom is 0.337 e. The molecule has 10 heteroatoms. The van der Waals surface area contributed by atoms with Gasteiger partial charge in [0.25, 0.3) is 11.8 Å². The average Bonchev–Trinajstić information content (AvgIpc) is 3.06. The number of aromatic nitrogens is 2. The van der Waals surface area contributed by atoms with Crippen molar-refractivity contribution in [2.24, 2.45) is 0 Å². The number of benzene rings is 3. The van der Waals surface area contributed by atoms with Gasteiger partial charge in [0.1, 0.15) is 11.5 Å². The van der Waals surface area contributed by atoms with Gasteiger partial charge < -0.3 is 25.2 Å². The molecular weight excluding hydrogens is 572 g/mol. The van der Waals surface area contributed by atoms with E-state index in [-0.39, 0.29) is 34.9 Å². The van der Waals surface area contributed by atoms with Gasteiger partial charge in [-0.25, -0.2) is 9.78 Å². The van der Waals surface area contributed by atoms with E-state index in [0.29, 0.717) is 17.2 Å². The van der Waals surface area contributed by atoms with E-state index in [0.717, 1.165) is 42.2 Å². The zero-order valence-electron chi connectivity index (χ0n) is 24.2. The van der Waals surface area contributed by atoms with Crippen LogP contribution in [0.5, 0.6) is 17.4 Å². The van der Waals surface area contributed by atoms with Crippen LogP contribution in [-0.4, -0.2) is 45.0 Å². The van der Waals surface area contributed by atoms with Crippen molar-refractivity contribution < 1.29 is 29.0 Å². The molecule has 10 nitrogen and oxygen atoms in total. The number of pyridine rings is 2. The summed E-state index contributed by atoms with van der Waals surface area (Å²) in [4.78, 5) is 44.7. The van der Waals surface area contributed by atoms with Crippen molar-refractivity contribution in [1.29, 1.82) is 0 Å². The van der Waals surface area contributed by atoms with E-state index >= 15 is 0 Å². The molecule has 3 aromatic carbocycles. The molecule has 0 aliphatic heterocycles. The second-order valence-electron chi connectivity index (χ2n) is 10.8. The first-order chi connectivity index (χ1) is 21.9. The molecule has 2 heterocycles. The van der Waals surface area contributed by atoms with Crippen LogP contribution in [0.4, 0.5) is 5.69 Å². The largest absolute Gasteiger partial charge is 0.490 e. The highest BCUT2D eigenvalue weighted by atomic mass is 16.5. The molecule has 1 aliphatic rings. The van der Waals surface area contributed by atoms with Crippen LogP contribution in [0.15, 0.2) is 104 Å². The Morgan fingerprint density at radius 1 is 0.756 bits per heavy atom. The van der Waals surface area contributed by atoms with Crippen LogP contribution in [0.25, 0.3) is 10.8 Å². The fraction of sp³-hybridized carbons (Fsp3) is 0.171. The van der Waals surface area contributed by atoms with E-state index in [4.69, 9.17) is 9.47 Å². The molecule has 6 rings (SSSR count). The fourth-order valence-electron chi connectivity index (χ4n) is 5.29. The molecule has 226 valence electrons. The first-order valence-corrected chi connectivity index (χ1v) is 14.6. The van der Waals surface area contributed by atoms with Gasteiger partial charge in [-0.3, -0.25) is 14.6 Å². The Labute approximate surface area is 259 Å². The highest BCUT2D eigenvalue weighted by molar-refractivity contribution is 6.07. The Balaban J connectivity index is 1.02. The van der Waals surface area contributed by atoms with E-state index in [1.165, 1.54) is 18.3 Å².